The first-order valence-corrected chi connectivity index (χ1v) is 14.7. The molecule has 0 bridgehead atoms. The molecule has 0 aliphatic heterocycles. The Morgan fingerprint density at radius 1 is 0.235 bits per heavy atom. The van der Waals surface area contributed by atoms with Crippen LogP contribution in [0.1, 0.15) is 145 Å². The summed E-state index contributed by atoms with van der Waals surface area (Å²) in [5.74, 6) is 7.00. The van der Waals surface area contributed by atoms with Gasteiger partial charge in [0.05, 0.1) is 0 Å². The SMILES string of the molecule is CC(C(C)C(C)(C)C)[C@H](C)C(C)C(C)(C)C.CC(C(C)C(C)C(C)(C)C)C(C)C(C)C(C)(C)C. The maximum Gasteiger partial charge on any atom is -0.0354 e. The van der Waals surface area contributed by atoms with Gasteiger partial charge in [0.1, 0.15) is 0 Å². The Labute approximate surface area is 220 Å². The molecule has 208 valence electrons. The molecule has 0 aliphatic rings. The first kappa shape index (κ1) is 36.2. The molecule has 0 radical (unpaired) electrons. The van der Waals surface area contributed by atoms with Crippen LogP contribution in [0.2, 0.25) is 0 Å². The van der Waals surface area contributed by atoms with Gasteiger partial charge in [-0.1, -0.05) is 145 Å². The average Bonchev–Trinajstić information content (AvgIpc) is 2.66. The molecule has 0 fully saturated rings. The fraction of sp³-hybridized carbons (Fsp3) is 1.00. The van der Waals surface area contributed by atoms with E-state index in [9.17, 15) is 0 Å². The summed E-state index contributed by atoms with van der Waals surface area (Å²) in [4.78, 5) is 0. The molecule has 0 aromatic heterocycles. The van der Waals surface area contributed by atoms with Gasteiger partial charge >= 0.3 is 0 Å². The van der Waals surface area contributed by atoms with Gasteiger partial charge in [0.15, 0.2) is 0 Å². The van der Waals surface area contributed by atoms with Crippen molar-refractivity contribution in [3.8, 4) is 0 Å². The summed E-state index contributed by atoms with van der Waals surface area (Å²) in [6.45, 7) is 50.3. The zero-order valence-electron chi connectivity index (χ0n) is 28.2. The molecule has 0 heteroatoms. The Morgan fingerprint density at radius 3 is 0.471 bits per heavy atom. The topological polar surface area (TPSA) is 0 Å². The van der Waals surface area contributed by atoms with Crippen molar-refractivity contribution < 1.29 is 0 Å². The molecule has 34 heavy (non-hydrogen) atoms. The van der Waals surface area contributed by atoms with Gasteiger partial charge < -0.3 is 0 Å². The van der Waals surface area contributed by atoms with Crippen molar-refractivity contribution in [2.45, 2.75) is 145 Å². The summed E-state index contributed by atoms with van der Waals surface area (Å²) in [5, 5.41) is 0. The largest absolute Gasteiger partial charge is 0.0620 e. The standard InChI is InChI=1S/C18H38.C16H34/c1-12(13(2)15(4)17(6,7)8)14(3)16(5)18(9,10)11;1-11(13(3)15(5,6)7)12(2)14(4)16(8,9)10/h12-16H,1-11H3;11-14H,1-10H3/t;11-,12?,13?,14?/m.0/s1. The predicted octanol–water partition coefficient (Wildman–Crippen LogP) is 11.9. The lowest BCUT2D eigenvalue weighted by atomic mass is 9.63. The Morgan fingerprint density at radius 2 is 0.353 bits per heavy atom. The van der Waals surface area contributed by atoms with Crippen LogP contribution in [0.4, 0.5) is 0 Å². The smallest absolute Gasteiger partial charge is 0.0354 e. The Kier molecular flexibility index (Phi) is 13.8. The van der Waals surface area contributed by atoms with E-state index < -0.39 is 0 Å². The molecule has 0 amide bonds. The van der Waals surface area contributed by atoms with E-state index in [2.05, 4.69) is 145 Å². The monoisotopic (exact) mass is 481 g/mol. The molecule has 0 N–H and O–H groups in total. The van der Waals surface area contributed by atoms with Crippen LogP contribution in [-0.2, 0) is 0 Å². The van der Waals surface area contributed by atoms with Crippen LogP contribution in [0.5, 0.6) is 0 Å². The molecule has 0 nitrogen and oxygen atoms in total. The summed E-state index contributed by atoms with van der Waals surface area (Å²) in [5.41, 5.74) is 1.67. The quantitative estimate of drug-likeness (QED) is 0.340. The van der Waals surface area contributed by atoms with E-state index in [1.54, 1.807) is 0 Å². The maximum absolute atomic E-state index is 2.46. The van der Waals surface area contributed by atoms with E-state index in [4.69, 9.17) is 0 Å². The van der Waals surface area contributed by atoms with Crippen molar-refractivity contribution in [2.24, 2.45) is 74.9 Å². The van der Waals surface area contributed by atoms with E-state index in [0.717, 1.165) is 53.3 Å². The highest BCUT2D eigenvalue weighted by Crippen LogP contribution is 2.43. The third-order valence-corrected chi connectivity index (χ3v) is 11.1. The third kappa shape index (κ3) is 11.4. The van der Waals surface area contributed by atoms with Crippen LogP contribution >= 0.6 is 0 Å². The lowest BCUT2D eigenvalue weighted by Crippen LogP contribution is -2.35. The van der Waals surface area contributed by atoms with Crippen molar-refractivity contribution in [1.82, 2.24) is 0 Å². The van der Waals surface area contributed by atoms with Crippen molar-refractivity contribution in [1.29, 1.82) is 0 Å². The Bertz CT molecular complexity index is 491. The molecule has 0 aromatic carbocycles. The van der Waals surface area contributed by atoms with Gasteiger partial charge in [0, 0.05) is 0 Å². The van der Waals surface area contributed by atoms with E-state index >= 15 is 0 Å². The van der Waals surface area contributed by atoms with Gasteiger partial charge in [-0.3, -0.25) is 0 Å². The van der Waals surface area contributed by atoms with Crippen molar-refractivity contribution in [3.63, 3.8) is 0 Å². The zero-order chi connectivity index (χ0) is 28.2. The van der Waals surface area contributed by atoms with Crippen LogP contribution in [-0.4, -0.2) is 0 Å². The summed E-state index contributed by atoms with van der Waals surface area (Å²) in [6, 6.07) is 0. The first-order chi connectivity index (χ1) is 14.7. The van der Waals surface area contributed by atoms with Gasteiger partial charge in [0.25, 0.3) is 0 Å². The molecular formula is C34H72. The van der Waals surface area contributed by atoms with Gasteiger partial charge in [-0.15, -0.1) is 0 Å². The second kappa shape index (κ2) is 13.0. The highest BCUT2D eigenvalue weighted by Gasteiger charge is 2.36. The van der Waals surface area contributed by atoms with Gasteiger partial charge in [-0.25, -0.2) is 0 Å². The molecule has 0 saturated carbocycles. The fourth-order valence-corrected chi connectivity index (χ4v) is 5.45. The number of hydrogen-bond donors (Lipinski definition) is 0. The second-order valence-electron chi connectivity index (χ2n) is 16.9. The van der Waals surface area contributed by atoms with E-state index in [1.807, 2.05) is 0 Å². The lowest BCUT2D eigenvalue weighted by Gasteiger charge is -2.42. The van der Waals surface area contributed by atoms with Crippen LogP contribution in [0.25, 0.3) is 0 Å². The first-order valence-electron chi connectivity index (χ1n) is 14.7. The lowest BCUT2D eigenvalue weighted by molar-refractivity contribution is 0.0689. The van der Waals surface area contributed by atoms with Crippen molar-refractivity contribution >= 4 is 0 Å². The van der Waals surface area contributed by atoms with Gasteiger partial charge in [-0.05, 0) is 74.9 Å². The van der Waals surface area contributed by atoms with E-state index in [0.29, 0.717) is 21.7 Å². The highest BCUT2D eigenvalue weighted by atomic mass is 14.4. The van der Waals surface area contributed by atoms with Crippen LogP contribution in [0.15, 0.2) is 0 Å². The minimum absolute atomic E-state index is 0.415. The third-order valence-electron chi connectivity index (χ3n) is 11.1. The average molecular weight is 481 g/mol. The zero-order valence-corrected chi connectivity index (χ0v) is 28.2. The minimum atomic E-state index is 0.415. The van der Waals surface area contributed by atoms with Crippen LogP contribution in [0.3, 0.4) is 0 Å². The van der Waals surface area contributed by atoms with Gasteiger partial charge in [0.2, 0.25) is 0 Å². The molecule has 7 unspecified atom stereocenters. The van der Waals surface area contributed by atoms with Gasteiger partial charge in [-0.2, -0.15) is 0 Å². The molecule has 0 aliphatic carbocycles. The molecular weight excluding hydrogens is 408 g/mol. The Balaban J connectivity index is 0. The Hall–Kier alpha value is 0. The number of rotatable bonds is 7. The summed E-state index contributed by atoms with van der Waals surface area (Å²) in [7, 11) is 0. The minimum Gasteiger partial charge on any atom is -0.0620 e. The fourth-order valence-electron chi connectivity index (χ4n) is 5.45. The molecule has 8 atom stereocenters. The summed E-state index contributed by atoms with van der Waals surface area (Å²) in [6.07, 6.45) is 0. The molecule has 0 heterocycles. The molecule has 0 saturated heterocycles. The second-order valence-corrected chi connectivity index (χ2v) is 16.9. The van der Waals surface area contributed by atoms with Crippen LogP contribution in [0, 0.1) is 74.9 Å². The summed E-state index contributed by atoms with van der Waals surface area (Å²) >= 11 is 0. The normalized spacial score (nSPS) is 21.8. The van der Waals surface area contributed by atoms with E-state index in [-0.39, 0.29) is 0 Å². The predicted molar refractivity (Wildman–Crippen MR) is 160 cm³/mol. The van der Waals surface area contributed by atoms with Crippen molar-refractivity contribution in [2.75, 3.05) is 0 Å². The molecule has 0 rings (SSSR count). The van der Waals surface area contributed by atoms with Crippen molar-refractivity contribution in [3.05, 3.63) is 0 Å². The highest BCUT2D eigenvalue weighted by molar-refractivity contribution is 4.85. The summed E-state index contributed by atoms with van der Waals surface area (Å²) < 4.78 is 0. The van der Waals surface area contributed by atoms with Crippen LogP contribution < -0.4 is 0 Å². The van der Waals surface area contributed by atoms with E-state index in [1.165, 1.54) is 0 Å². The number of hydrogen-bond acceptors (Lipinski definition) is 0. The molecule has 0 spiro atoms. The maximum atomic E-state index is 2.46. The molecule has 0 aromatic rings.